The molecule has 0 fully saturated rings. The van der Waals surface area contributed by atoms with Gasteiger partial charge in [-0.25, -0.2) is 19.0 Å². The van der Waals surface area contributed by atoms with E-state index in [1.807, 2.05) is 0 Å². The number of aromatic nitrogens is 5. The summed E-state index contributed by atoms with van der Waals surface area (Å²) in [6.45, 7) is -0.177. The van der Waals surface area contributed by atoms with Crippen LogP contribution in [0.1, 0.15) is 12.0 Å². The minimum absolute atomic E-state index is 0.0384. The first-order valence-corrected chi connectivity index (χ1v) is 9.07. The number of pyridine rings is 1. The van der Waals surface area contributed by atoms with Crippen molar-refractivity contribution in [2.24, 2.45) is 0 Å². The normalized spacial score (nSPS) is 11.4. The molecule has 0 saturated carbocycles. The van der Waals surface area contributed by atoms with Gasteiger partial charge in [0.05, 0.1) is 31.5 Å². The van der Waals surface area contributed by atoms with Crippen LogP contribution in [-0.2, 0) is 6.54 Å². The molecule has 11 heteroatoms. The molecule has 146 valence electrons. The maximum Gasteiger partial charge on any atom is 0.316 e. The van der Waals surface area contributed by atoms with Gasteiger partial charge in [0.1, 0.15) is 5.82 Å². The number of rotatable bonds is 7. The van der Waals surface area contributed by atoms with E-state index in [1.54, 1.807) is 0 Å². The Hall–Kier alpha value is -2.57. The standard InChI is InChI=1S/C17H13F3IN5O2/c18-13-5-11(6-22-9-13)10-26-15(27)2-1-14(25-26)12-7-23-16(24-8-12)28-4-3-17(19,20)21/h1-2,5-9H,3-4,10H2. The summed E-state index contributed by atoms with van der Waals surface area (Å²) in [5, 5.41) is 4.22. The Bertz CT molecular complexity index is 1010. The summed E-state index contributed by atoms with van der Waals surface area (Å²) in [4.78, 5) is 23.7. The Balaban J connectivity index is 1.74. The van der Waals surface area contributed by atoms with E-state index in [4.69, 9.17) is 4.74 Å². The zero-order valence-corrected chi connectivity index (χ0v) is 16.4. The summed E-state index contributed by atoms with van der Waals surface area (Å²) in [7, 11) is 0. The largest absolute Gasteiger partial charge is 0.463 e. The first kappa shape index (κ1) is 20.2. The summed E-state index contributed by atoms with van der Waals surface area (Å²) < 4.78 is 42.2. The van der Waals surface area contributed by atoms with Gasteiger partial charge in [0.2, 0.25) is 0 Å². The highest BCUT2D eigenvalue weighted by molar-refractivity contribution is 14.1. The maximum absolute atomic E-state index is 13.3. The third kappa shape index (κ3) is 5.71. The van der Waals surface area contributed by atoms with Gasteiger partial charge in [-0.1, -0.05) is 0 Å². The number of ether oxygens (including phenoxy) is 1. The third-order valence-corrected chi connectivity index (χ3v) is 4.04. The molecule has 0 unspecified atom stereocenters. The molecule has 3 heterocycles. The van der Waals surface area contributed by atoms with Crippen molar-refractivity contribution in [2.45, 2.75) is 16.9 Å². The van der Waals surface area contributed by atoms with E-state index in [0.29, 0.717) is 16.8 Å². The van der Waals surface area contributed by atoms with Gasteiger partial charge in [0, 0.05) is 30.2 Å². The van der Waals surface area contributed by atoms with Gasteiger partial charge < -0.3 is 4.74 Å². The lowest BCUT2D eigenvalue weighted by Gasteiger charge is -2.09. The van der Waals surface area contributed by atoms with E-state index in [0.717, 1.165) is 28.8 Å². The summed E-state index contributed by atoms with van der Waals surface area (Å²) in [6, 6.07) is 4.05. The van der Waals surface area contributed by atoms with Crippen LogP contribution in [0.5, 0.6) is 6.01 Å². The topological polar surface area (TPSA) is 82.8 Å². The van der Waals surface area contributed by atoms with Gasteiger partial charge in [0.25, 0.3) is 9.49 Å². The molecule has 0 radical (unpaired) electrons. The van der Waals surface area contributed by atoms with Crippen LogP contribution in [-0.4, -0.2) is 35.3 Å². The molecule has 0 atom stereocenters. The fourth-order valence-corrected chi connectivity index (χ4v) is 2.43. The van der Waals surface area contributed by atoms with Crippen LogP contribution in [0.3, 0.4) is 0 Å². The number of nitrogens with zero attached hydrogens (tertiary/aromatic N) is 5. The number of hydrogen-bond acceptors (Lipinski definition) is 6. The second-order valence-electron chi connectivity index (χ2n) is 5.69. The minimum Gasteiger partial charge on any atom is -0.463 e. The average Bonchev–Trinajstić information content (AvgIpc) is 2.63. The maximum atomic E-state index is 13.3. The highest BCUT2D eigenvalue weighted by atomic mass is 127. The second-order valence-corrected chi connectivity index (χ2v) is 7.27. The Morgan fingerprint density at radius 1 is 1.14 bits per heavy atom. The number of halogens is 4. The van der Waals surface area contributed by atoms with E-state index in [2.05, 4.69) is 20.1 Å². The molecule has 0 bridgehead atoms. The van der Waals surface area contributed by atoms with Crippen LogP contribution < -0.4 is 10.3 Å². The Kier molecular flexibility index (Phi) is 6.21. The van der Waals surface area contributed by atoms with Crippen molar-refractivity contribution >= 4 is 22.6 Å². The summed E-state index contributed by atoms with van der Waals surface area (Å²) in [6.07, 6.45) is 4.87. The highest BCUT2D eigenvalue weighted by Gasteiger charge is 2.23. The Labute approximate surface area is 170 Å². The van der Waals surface area contributed by atoms with Crippen LogP contribution >= 0.6 is 22.6 Å². The fourth-order valence-electron chi connectivity index (χ4n) is 2.21. The summed E-state index contributed by atoms with van der Waals surface area (Å²) >= 11 is 1.03. The van der Waals surface area contributed by atoms with Crippen LogP contribution in [0.15, 0.2) is 47.8 Å². The predicted molar refractivity (Wildman–Crippen MR) is 102 cm³/mol. The van der Waals surface area contributed by atoms with Crippen molar-refractivity contribution in [3.8, 4) is 17.3 Å². The van der Waals surface area contributed by atoms with E-state index in [1.165, 1.54) is 41.5 Å². The lowest BCUT2D eigenvalue weighted by Crippen LogP contribution is -2.23. The zero-order valence-electron chi connectivity index (χ0n) is 14.2. The first-order chi connectivity index (χ1) is 13.3. The van der Waals surface area contributed by atoms with Crippen molar-refractivity contribution in [2.75, 3.05) is 6.61 Å². The molecular weight excluding hydrogens is 490 g/mol. The molecule has 3 rings (SSSR count). The quantitative estimate of drug-likeness (QED) is 0.364. The van der Waals surface area contributed by atoms with E-state index >= 15 is 0 Å². The van der Waals surface area contributed by atoms with Gasteiger partial charge in [-0.05, 0) is 40.3 Å². The first-order valence-electron chi connectivity index (χ1n) is 8.00. The van der Waals surface area contributed by atoms with Crippen molar-refractivity contribution in [1.29, 1.82) is 0 Å². The molecule has 0 N–H and O–H groups in total. The molecule has 0 saturated heterocycles. The van der Waals surface area contributed by atoms with Gasteiger partial charge in [-0.2, -0.15) is 13.9 Å². The fraction of sp³-hybridized carbons (Fsp3) is 0.235. The Morgan fingerprint density at radius 3 is 2.57 bits per heavy atom. The zero-order chi connectivity index (χ0) is 20.1. The molecule has 0 spiro atoms. The van der Waals surface area contributed by atoms with Crippen LogP contribution in [0, 0.1) is 5.82 Å². The summed E-state index contributed by atoms with van der Waals surface area (Å²) in [5.74, 6) is -0.508. The molecule has 0 aromatic carbocycles. The molecule has 0 aliphatic heterocycles. The molecule has 0 aliphatic rings. The minimum atomic E-state index is -2.85. The molecule has 7 nitrogen and oxygen atoms in total. The van der Waals surface area contributed by atoms with Crippen LogP contribution in [0.4, 0.5) is 13.2 Å². The molecule has 3 aromatic heterocycles. The van der Waals surface area contributed by atoms with Gasteiger partial charge in [-0.15, -0.1) is 0 Å². The third-order valence-electron chi connectivity index (χ3n) is 3.50. The second kappa shape index (κ2) is 8.63. The Morgan fingerprint density at radius 2 is 1.89 bits per heavy atom. The lowest BCUT2D eigenvalue weighted by molar-refractivity contribution is 0.0934. The lowest BCUT2D eigenvalue weighted by atomic mass is 10.2. The monoisotopic (exact) mass is 503 g/mol. The predicted octanol–water partition coefficient (Wildman–Crippen LogP) is 3.08. The number of alkyl halides is 3. The molecular formula is C17H13F3IN5O2. The molecule has 0 aliphatic carbocycles. The van der Waals surface area contributed by atoms with Crippen molar-refractivity contribution in [3.63, 3.8) is 0 Å². The average molecular weight is 503 g/mol. The summed E-state index contributed by atoms with van der Waals surface area (Å²) in [5.41, 5.74) is 1.03. The molecule has 0 amide bonds. The number of hydrogen-bond donors (Lipinski definition) is 0. The van der Waals surface area contributed by atoms with Crippen molar-refractivity contribution in [3.05, 3.63) is 64.7 Å². The van der Waals surface area contributed by atoms with Gasteiger partial charge >= 0.3 is 6.01 Å². The molecule has 3 aromatic rings. The van der Waals surface area contributed by atoms with Gasteiger partial charge in [-0.3, -0.25) is 9.78 Å². The smallest absolute Gasteiger partial charge is 0.316 e. The van der Waals surface area contributed by atoms with Crippen molar-refractivity contribution < 1.29 is 17.9 Å². The SMILES string of the molecule is O=c1ccc(-c2cnc(OCCC(F)(F)I)nc2)nn1Cc1cncc(F)c1. The van der Waals surface area contributed by atoms with E-state index in [9.17, 15) is 18.0 Å². The van der Waals surface area contributed by atoms with Gasteiger partial charge in [0.15, 0.2) is 0 Å². The van der Waals surface area contributed by atoms with Crippen LogP contribution in [0.25, 0.3) is 11.3 Å². The van der Waals surface area contributed by atoms with E-state index in [-0.39, 0.29) is 24.7 Å². The molecule has 28 heavy (non-hydrogen) atoms. The van der Waals surface area contributed by atoms with Crippen LogP contribution in [0.2, 0.25) is 0 Å². The van der Waals surface area contributed by atoms with E-state index < -0.39 is 16.2 Å². The highest BCUT2D eigenvalue weighted by Crippen LogP contribution is 2.26. The van der Waals surface area contributed by atoms with Crippen molar-refractivity contribution in [1.82, 2.24) is 24.7 Å².